The Hall–Kier alpha value is -1.09. The summed E-state index contributed by atoms with van der Waals surface area (Å²) in [6.07, 6.45) is 11.6. The summed E-state index contributed by atoms with van der Waals surface area (Å²) in [6, 6.07) is 0. The van der Waals surface area contributed by atoms with Crippen molar-refractivity contribution in [1.82, 2.24) is 0 Å². The highest BCUT2D eigenvalue weighted by Crippen LogP contribution is 2.31. The fourth-order valence-electron chi connectivity index (χ4n) is 3.07. The standard InChI is InChI=1S/C16H26O3/c1-12(9-10-15(17)18)11-13(2)16(19-3)14-7-5-4-6-8-14/h9-11,13-14,16H,4-8H2,1-3H3,(H,17,18)/b10-9+,12-11+. The van der Waals surface area contributed by atoms with Crippen molar-refractivity contribution in [1.29, 1.82) is 0 Å². The van der Waals surface area contributed by atoms with Gasteiger partial charge >= 0.3 is 5.97 Å². The van der Waals surface area contributed by atoms with Gasteiger partial charge in [0.05, 0.1) is 6.10 Å². The van der Waals surface area contributed by atoms with E-state index in [9.17, 15) is 4.79 Å². The van der Waals surface area contributed by atoms with E-state index in [2.05, 4.69) is 13.0 Å². The fourth-order valence-corrected chi connectivity index (χ4v) is 3.07. The van der Waals surface area contributed by atoms with E-state index in [1.54, 1.807) is 13.2 Å². The van der Waals surface area contributed by atoms with Gasteiger partial charge < -0.3 is 9.84 Å². The number of hydrogen-bond donors (Lipinski definition) is 1. The largest absolute Gasteiger partial charge is 0.478 e. The molecule has 1 fully saturated rings. The van der Waals surface area contributed by atoms with Gasteiger partial charge in [0.25, 0.3) is 0 Å². The summed E-state index contributed by atoms with van der Waals surface area (Å²) in [5, 5.41) is 8.62. The summed E-state index contributed by atoms with van der Waals surface area (Å²) < 4.78 is 5.69. The van der Waals surface area contributed by atoms with E-state index >= 15 is 0 Å². The molecule has 108 valence electrons. The second-order valence-electron chi connectivity index (χ2n) is 5.54. The van der Waals surface area contributed by atoms with Crippen molar-refractivity contribution in [2.45, 2.75) is 52.1 Å². The topological polar surface area (TPSA) is 46.5 Å². The summed E-state index contributed by atoms with van der Waals surface area (Å²) in [7, 11) is 1.78. The zero-order chi connectivity index (χ0) is 14.3. The number of carboxylic acid groups (broad SMARTS) is 1. The number of aliphatic carboxylic acids is 1. The van der Waals surface area contributed by atoms with Gasteiger partial charge in [-0.25, -0.2) is 4.79 Å². The van der Waals surface area contributed by atoms with Crippen molar-refractivity contribution in [3.05, 3.63) is 23.8 Å². The minimum absolute atomic E-state index is 0.244. The molecule has 0 heterocycles. The van der Waals surface area contributed by atoms with E-state index in [1.165, 1.54) is 38.2 Å². The van der Waals surface area contributed by atoms with Crippen LogP contribution in [-0.4, -0.2) is 24.3 Å². The molecule has 2 unspecified atom stereocenters. The molecule has 3 heteroatoms. The fraction of sp³-hybridized carbons (Fsp3) is 0.688. The van der Waals surface area contributed by atoms with Crippen LogP contribution in [0.25, 0.3) is 0 Å². The lowest BCUT2D eigenvalue weighted by Gasteiger charge is -2.32. The number of allylic oxidation sites excluding steroid dienone is 2. The third-order valence-electron chi connectivity index (χ3n) is 3.92. The normalized spacial score (nSPS) is 21.5. The van der Waals surface area contributed by atoms with Crippen molar-refractivity contribution in [2.24, 2.45) is 11.8 Å². The lowest BCUT2D eigenvalue weighted by atomic mass is 9.80. The van der Waals surface area contributed by atoms with Crippen LogP contribution in [0.4, 0.5) is 0 Å². The van der Waals surface area contributed by atoms with E-state index in [0.717, 1.165) is 5.57 Å². The van der Waals surface area contributed by atoms with Crippen LogP contribution in [0, 0.1) is 11.8 Å². The number of carboxylic acids is 1. The molecule has 19 heavy (non-hydrogen) atoms. The van der Waals surface area contributed by atoms with Crippen LogP contribution in [0.5, 0.6) is 0 Å². The van der Waals surface area contributed by atoms with Crippen molar-refractivity contribution < 1.29 is 14.6 Å². The Morgan fingerprint density at radius 2 is 1.89 bits per heavy atom. The van der Waals surface area contributed by atoms with Crippen molar-refractivity contribution in [3.63, 3.8) is 0 Å². The molecular formula is C16H26O3. The van der Waals surface area contributed by atoms with Crippen LogP contribution < -0.4 is 0 Å². The van der Waals surface area contributed by atoms with Gasteiger partial charge in [0.15, 0.2) is 0 Å². The molecule has 0 aromatic heterocycles. The maximum Gasteiger partial charge on any atom is 0.328 e. The summed E-state index contributed by atoms with van der Waals surface area (Å²) >= 11 is 0. The third kappa shape index (κ3) is 5.60. The van der Waals surface area contributed by atoms with E-state index in [0.29, 0.717) is 11.8 Å². The first kappa shape index (κ1) is 16.0. The molecule has 1 saturated carbocycles. The average Bonchev–Trinajstić information content (AvgIpc) is 2.38. The van der Waals surface area contributed by atoms with Gasteiger partial charge in [0.2, 0.25) is 0 Å². The number of hydrogen-bond acceptors (Lipinski definition) is 2. The molecule has 3 nitrogen and oxygen atoms in total. The molecule has 0 spiro atoms. The second kappa shape index (κ2) is 8.16. The highest BCUT2D eigenvalue weighted by molar-refractivity contribution is 5.80. The van der Waals surface area contributed by atoms with Gasteiger partial charge in [-0.1, -0.05) is 43.9 Å². The predicted octanol–water partition coefficient (Wildman–Crippen LogP) is 3.80. The van der Waals surface area contributed by atoms with Crippen LogP contribution in [0.15, 0.2) is 23.8 Å². The van der Waals surface area contributed by atoms with Gasteiger partial charge in [0, 0.05) is 19.1 Å². The van der Waals surface area contributed by atoms with E-state index in [1.807, 2.05) is 6.92 Å². The molecule has 1 N–H and O–H groups in total. The average molecular weight is 266 g/mol. The van der Waals surface area contributed by atoms with Crippen molar-refractivity contribution in [2.75, 3.05) is 7.11 Å². The predicted molar refractivity (Wildman–Crippen MR) is 77.1 cm³/mol. The second-order valence-corrected chi connectivity index (χ2v) is 5.54. The Balaban J connectivity index is 2.64. The molecule has 2 atom stereocenters. The highest BCUT2D eigenvalue weighted by atomic mass is 16.5. The summed E-state index contributed by atoms with van der Waals surface area (Å²) in [6.45, 7) is 4.09. The molecule has 0 aromatic carbocycles. The third-order valence-corrected chi connectivity index (χ3v) is 3.92. The lowest BCUT2D eigenvalue weighted by Crippen LogP contribution is -2.30. The highest BCUT2D eigenvalue weighted by Gasteiger charge is 2.26. The van der Waals surface area contributed by atoms with Gasteiger partial charge in [-0.2, -0.15) is 0 Å². The van der Waals surface area contributed by atoms with Gasteiger partial charge in [-0.3, -0.25) is 0 Å². The molecule has 0 bridgehead atoms. The van der Waals surface area contributed by atoms with Gasteiger partial charge in [-0.05, 0) is 25.7 Å². The first-order chi connectivity index (χ1) is 9.04. The molecular weight excluding hydrogens is 240 g/mol. The smallest absolute Gasteiger partial charge is 0.328 e. The number of carbonyl (C=O) groups is 1. The summed E-state index contributed by atoms with van der Waals surface area (Å²) in [5.41, 5.74) is 0.979. The maximum absolute atomic E-state index is 10.5. The number of methoxy groups -OCH3 is 1. The first-order valence-corrected chi connectivity index (χ1v) is 7.16. The Morgan fingerprint density at radius 3 is 2.42 bits per heavy atom. The molecule has 0 aromatic rings. The Labute approximate surface area is 116 Å². The minimum atomic E-state index is -0.907. The number of rotatable bonds is 6. The van der Waals surface area contributed by atoms with E-state index < -0.39 is 5.97 Å². The van der Waals surface area contributed by atoms with Gasteiger partial charge in [0.1, 0.15) is 0 Å². The van der Waals surface area contributed by atoms with Crippen LogP contribution in [0.1, 0.15) is 46.0 Å². The molecule has 1 aliphatic carbocycles. The van der Waals surface area contributed by atoms with Crippen LogP contribution in [-0.2, 0) is 9.53 Å². The molecule has 0 amide bonds. The SMILES string of the molecule is COC(C(C)/C=C(C)/C=C/C(=O)O)C1CCCCC1. The Kier molecular flexibility index (Phi) is 6.85. The minimum Gasteiger partial charge on any atom is -0.478 e. The zero-order valence-electron chi connectivity index (χ0n) is 12.3. The first-order valence-electron chi connectivity index (χ1n) is 7.16. The van der Waals surface area contributed by atoms with Gasteiger partial charge in [-0.15, -0.1) is 0 Å². The van der Waals surface area contributed by atoms with E-state index in [-0.39, 0.29) is 6.10 Å². The summed E-state index contributed by atoms with van der Waals surface area (Å²) in [5.74, 6) is 0.0452. The molecule has 1 rings (SSSR count). The molecule has 1 aliphatic rings. The van der Waals surface area contributed by atoms with Crippen LogP contribution in [0.2, 0.25) is 0 Å². The van der Waals surface area contributed by atoms with Crippen molar-refractivity contribution >= 4 is 5.97 Å². The molecule has 0 saturated heterocycles. The summed E-state index contributed by atoms with van der Waals surface area (Å²) in [4.78, 5) is 10.5. The Morgan fingerprint density at radius 1 is 1.26 bits per heavy atom. The zero-order valence-corrected chi connectivity index (χ0v) is 12.3. The monoisotopic (exact) mass is 266 g/mol. The Bertz CT molecular complexity index is 338. The quantitative estimate of drug-likeness (QED) is 0.587. The number of ether oxygens (including phenoxy) is 1. The molecule has 0 aliphatic heterocycles. The van der Waals surface area contributed by atoms with Crippen molar-refractivity contribution in [3.8, 4) is 0 Å². The molecule has 0 radical (unpaired) electrons. The van der Waals surface area contributed by atoms with E-state index in [4.69, 9.17) is 9.84 Å². The maximum atomic E-state index is 10.5. The lowest BCUT2D eigenvalue weighted by molar-refractivity contribution is -0.131. The van der Waals surface area contributed by atoms with Crippen LogP contribution in [0.3, 0.4) is 0 Å². The van der Waals surface area contributed by atoms with Crippen LogP contribution >= 0.6 is 0 Å².